The van der Waals surface area contributed by atoms with Crippen molar-refractivity contribution in [2.45, 2.75) is 26.4 Å². The first-order valence-electron chi connectivity index (χ1n) is 7.32. The standard InChI is InChI=1S/C18H17ClO3/c1-12-16(19)3-2-4-18(12)21-11-15-8-7-14(22-15)9-10-17(20)13-5-6-13/h2-4,7-10,13H,5-6,11H2,1H3/b10-9+. The Morgan fingerprint density at radius 2 is 2.18 bits per heavy atom. The van der Waals surface area contributed by atoms with Crippen LogP contribution in [0.2, 0.25) is 5.02 Å². The lowest BCUT2D eigenvalue weighted by Gasteiger charge is -2.08. The van der Waals surface area contributed by atoms with Crippen LogP contribution in [-0.2, 0) is 11.4 Å². The average molecular weight is 317 g/mol. The van der Waals surface area contributed by atoms with Crippen molar-refractivity contribution in [3.05, 3.63) is 58.5 Å². The molecule has 114 valence electrons. The quantitative estimate of drug-likeness (QED) is 0.718. The van der Waals surface area contributed by atoms with E-state index in [4.69, 9.17) is 20.8 Å². The number of carbonyl (C=O) groups excluding carboxylic acids is 1. The molecule has 1 heterocycles. The van der Waals surface area contributed by atoms with E-state index in [1.807, 2.05) is 37.3 Å². The van der Waals surface area contributed by atoms with Gasteiger partial charge in [-0.3, -0.25) is 4.79 Å². The third-order valence-electron chi connectivity index (χ3n) is 3.66. The molecule has 0 spiro atoms. The number of furan rings is 1. The molecule has 3 nitrogen and oxygen atoms in total. The first-order chi connectivity index (χ1) is 10.6. The summed E-state index contributed by atoms with van der Waals surface area (Å²) in [7, 11) is 0. The second-order valence-electron chi connectivity index (χ2n) is 5.47. The predicted molar refractivity (Wildman–Crippen MR) is 86.0 cm³/mol. The lowest BCUT2D eigenvalue weighted by atomic mass is 10.2. The highest BCUT2D eigenvalue weighted by Gasteiger charge is 2.27. The van der Waals surface area contributed by atoms with Gasteiger partial charge in [0.25, 0.3) is 0 Å². The molecule has 3 rings (SSSR count). The largest absolute Gasteiger partial charge is 0.485 e. The Morgan fingerprint density at radius 3 is 2.95 bits per heavy atom. The first kappa shape index (κ1) is 14.9. The van der Waals surface area contributed by atoms with Crippen molar-refractivity contribution in [1.29, 1.82) is 0 Å². The molecule has 1 aliphatic carbocycles. The summed E-state index contributed by atoms with van der Waals surface area (Å²) in [6, 6.07) is 9.24. The van der Waals surface area contributed by atoms with Crippen LogP contribution < -0.4 is 4.74 Å². The lowest BCUT2D eigenvalue weighted by molar-refractivity contribution is -0.115. The molecule has 0 aliphatic heterocycles. The third kappa shape index (κ3) is 3.60. The van der Waals surface area contributed by atoms with E-state index in [0.717, 1.165) is 24.2 Å². The fraction of sp³-hybridized carbons (Fsp3) is 0.278. The SMILES string of the molecule is Cc1c(Cl)cccc1OCc1ccc(/C=C/C(=O)C2CC2)o1. The molecule has 0 unspecified atom stereocenters. The summed E-state index contributed by atoms with van der Waals surface area (Å²) < 4.78 is 11.4. The summed E-state index contributed by atoms with van der Waals surface area (Å²) in [5, 5.41) is 0.680. The van der Waals surface area contributed by atoms with Crippen LogP contribution in [0.1, 0.15) is 29.9 Å². The van der Waals surface area contributed by atoms with Gasteiger partial charge in [0.2, 0.25) is 0 Å². The molecule has 1 aliphatic rings. The topological polar surface area (TPSA) is 39.4 Å². The van der Waals surface area contributed by atoms with Crippen molar-refractivity contribution in [3.8, 4) is 5.75 Å². The number of benzene rings is 1. The fourth-order valence-electron chi connectivity index (χ4n) is 2.12. The molecule has 1 aromatic heterocycles. The zero-order valence-corrected chi connectivity index (χ0v) is 13.1. The first-order valence-corrected chi connectivity index (χ1v) is 7.70. The van der Waals surface area contributed by atoms with Gasteiger partial charge in [-0.15, -0.1) is 0 Å². The van der Waals surface area contributed by atoms with Gasteiger partial charge in [0.05, 0.1) is 0 Å². The Morgan fingerprint density at radius 1 is 1.36 bits per heavy atom. The number of carbonyl (C=O) groups is 1. The van der Waals surface area contributed by atoms with E-state index in [1.54, 1.807) is 12.2 Å². The van der Waals surface area contributed by atoms with Crippen molar-refractivity contribution in [2.24, 2.45) is 5.92 Å². The Hall–Kier alpha value is -2.00. The highest BCUT2D eigenvalue weighted by atomic mass is 35.5. The Balaban J connectivity index is 1.59. The molecule has 1 aromatic carbocycles. The molecule has 4 heteroatoms. The van der Waals surface area contributed by atoms with Crippen LogP contribution in [0.5, 0.6) is 5.75 Å². The molecule has 0 radical (unpaired) electrons. The Kier molecular flexibility index (Phi) is 4.34. The van der Waals surface area contributed by atoms with Crippen LogP contribution in [0.3, 0.4) is 0 Å². The zero-order chi connectivity index (χ0) is 15.5. The maximum absolute atomic E-state index is 11.6. The molecule has 0 bridgehead atoms. The number of hydrogen-bond donors (Lipinski definition) is 0. The number of ketones is 1. The molecule has 0 amide bonds. The molecular weight excluding hydrogens is 300 g/mol. The van der Waals surface area contributed by atoms with E-state index in [9.17, 15) is 4.79 Å². The number of halogens is 1. The summed E-state index contributed by atoms with van der Waals surface area (Å²) >= 11 is 6.06. The highest BCUT2D eigenvalue weighted by molar-refractivity contribution is 6.31. The Bertz CT molecular complexity index is 711. The maximum Gasteiger partial charge on any atom is 0.158 e. The van der Waals surface area contributed by atoms with E-state index >= 15 is 0 Å². The van der Waals surface area contributed by atoms with E-state index in [1.165, 1.54) is 0 Å². The monoisotopic (exact) mass is 316 g/mol. The van der Waals surface area contributed by atoms with Crippen LogP contribution >= 0.6 is 11.6 Å². The summed E-state index contributed by atoms with van der Waals surface area (Å²) in [5.41, 5.74) is 0.908. The van der Waals surface area contributed by atoms with E-state index in [0.29, 0.717) is 23.2 Å². The third-order valence-corrected chi connectivity index (χ3v) is 4.07. The van der Waals surface area contributed by atoms with Crippen molar-refractivity contribution >= 4 is 23.5 Å². The van der Waals surface area contributed by atoms with Gasteiger partial charge in [0.1, 0.15) is 23.9 Å². The number of ether oxygens (including phenoxy) is 1. The van der Waals surface area contributed by atoms with Crippen molar-refractivity contribution < 1.29 is 13.9 Å². The van der Waals surface area contributed by atoms with Gasteiger partial charge in [-0.25, -0.2) is 0 Å². The van der Waals surface area contributed by atoms with Crippen molar-refractivity contribution in [3.63, 3.8) is 0 Å². The molecule has 0 atom stereocenters. The molecule has 2 aromatic rings. The molecule has 0 N–H and O–H groups in total. The average Bonchev–Trinajstić information content (AvgIpc) is 3.27. The second-order valence-corrected chi connectivity index (χ2v) is 5.87. The number of hydrogen-bond acceptors (Lipinski definition) is 3. The van der Waals surface area contributed by atoms with Crippen molar-refractivity contribution in [2.75, 3.05) is 0 Å². The van der Waals surface area contributed by atoms with Gasteiger partial charge >= 0.3 is 0 Å². The van der Waals surface area contributed by atoms with Crippen molar-refractivity contribution in [1.82, 2.24) is 0 Å². The summed E-state index contributed by atoms with van der Waals surface area (Å²) in [4.78, 5) is 11.6. The van der Waals surface area contributed by atoms with Gasteiger partial charge in [0.15, 0.2) is 5.78 Å². The van der Waals surface area contributed by atoms with E-state index in [-0.39, 0.29) is 11.7 Å². The maximum atomic E-state index is 11.6. The van der Waals surface area contributed by atoms with Gasteiger partial charge in [0, 0.05) is 16.5 Å². The van der Waals surface area contributed by atoms with Gasteiger partial charge in [-0.1, -0.05) is 17.7 Å². The van der Waals surface area contributed by atoms with Crippen LogP contribution in [0, 0.1) is 12.8 Å². The lowest BCUT2D eigenvalue weighted by Crippen LogP contribution is -1.95. The molecule has 0 saturated heterocycles. The van der Waals surface area contributed by atoms with E-state index < -0.39 is 0 Å². The summed E-state index contributed by atoms with van der Waals surface area (Å²) in [6.45, 7) is 2.24. The molecular formula is C18H17ClO3. The van der Waals surface area contributed by atoms with E-state index in [2.05, 4.69) is 0 Å². The highest BCUT2D eigenvalue weighted by Crippen LogP contribution is 2.30. The molecule has 1 saturated carbocycles. The minimum Gasteiger partial charge on any atom is -0.485 e. The number of rotatable bonds is 6. The van der Waals surface area contributed by atoms with Gasteiger partial charge in [-0.05, 0) is 56.2 Å². The van der Waals surface area contributed by atoms with Crippen LogP contribution in [0.15, 0.2) is 40.8 Å². The van der Waals surface area contributed by atoms with Crippen LogP contribution in [0.4, 0.5) is 0 Å². The second kappa shape index (κ2) is 6.41. The summed E-state index contributed by atoms with van der Waals surface area (Å²) in [5.74, 6) is 2.53. The smallest absolute Gasteiger partial charge is 0.158 e. The number of allylic oxidation sites excluding steroid dienone is 1. The normalized spacial score (nSPS) is 14.5. The predicted octanol–water partition coefficient (Wildman–Crippen LogP) is 4.81. The summed E-state index contributed by atoms with van der Waals surface area (Å²) in [6.07, 6.45) is 5.34. The minimum absolute atomic E-state index is 0.184. The molecule has 1 fully saturated rings. The minimum atomic E-state index is 0.184. The zero-order valence-electron chi connectivity index (χ0n) is 12.3. The Labute approximate surface area is 134 Å². The van der Waals surface area contributed by atoms with Crippen LogP contribution in [0.25, 0.3) is 6.08 Å². The van der Waals surface area contributed by atoms with Crippen LogP contribution in [-0.4, -0.2) is 5.78 Å². The fourth-order valence-corrected chi connectivity index (χ4v) is 2.29. The molecule has 22 heavy (non-hydrogen) atoms. The van der Waals surface area contributed by atoms with Gasteiger partial charge < -0.3 is 9.15 Å². The van der Waals surface area contributed by atoms with Gasteiger partial charge in [-0.2, -0.15) is 0 Å².